The van der Waals surface area contributed by atoms with Gasteiger partial charge in [0.1, 0.15) is 12.1 Å². The van der Waals surface area contributed by atoms with Crippen molar-refractivity contribution in [2.75, 3.05) is 5.32 Å². The van der Waals surface area contributed by atoms with Crippen LogP contribution in [0.25, 0.3) is 28.0 Å². The molecule has 5 aromatic rings. The number of alkyl halides is 6. The smallest absolute Gasteiger partial charge is 0.348 e. The molecule has 0 saturated heterocycles. The van der Waals surface area contributed by atoms with Gasteiger partial charge in [0.15, 0.2) is 0 Å². The third kappa shape index (κ3) is 5.17. The SMILES string of the molecule is CC(Nc1nccc(-n2cnc3cc(-c4cc(C(F)(F)F)cc(C(F)(F)F)c4)ccc32)n1)c1ccccc1. The summed E-state index contributed by atoms with van der Waals surface area (Å²) in [5.74, 6) is 0.859. The lowest BCUT2D eigenvalue weighted by molar-refractivity contribution is -0.143. The monoisotopic (exact) mass is 527 g/mol. The van der Waals surface area contributed by atoms with Crippen molar-refractivity contribution in [3.63, 3.8) is 0 Å². The lowest BCUT2D eigenvalue weighted by atomic mass is 9.99. The quantitative estimate of drug-likeness (QED) is 0.238. The lowest BCUT2D eigenvalue weighted by Gasteiger charge is -2.15. The van der Waals surface area contributed by atoms with Gasteiger partial charge in [-0.2, -0.15) is 31.3 Å². The van der Waals surface area contributed by atoms with Gasteiger partial charge in [-0.25, -0.2) is 9.97 Å². The maximum Gasteiger partial charge on any atom is 0.416 e. The Morgan fingerprint density at radius 2 is 1.45 bits per heavy atom. The molecule has 0 fully saturated rings. The number of aromatic nitrogens is 4. The Kier molecular flexibility index (Phi) is 6.29. The standard InChI is InChI=1S/C27H19F6N5/c1-16(17-5-3-2-4-6-17)36-25-34-10-9-24(37-25)38-15-35-22-13-18(7-8-23(22)38)19-11-20(26(28,29)30)14-21(12-19)27(31,32)33/h2-16H,1H3,(H,34,36,37). The van der Waals surface area contributed by atoms with Crippen LogP contribution in [-0.2, 0) is 12.4 Å². The fourth-order valence-corrected chi connectivity index (χ4v) is 4.07. The van der Waals surface area contributed by atoms with Crippen molar-refractivity contribution in [3.8, 4) is 16.9 Å². The van der Waals surface area contributed by atoms with Crippen LogP contribution in [-0.4, -0.2) is 19.5 Å². The van der Waals surface area contributed by atoms with Gasteiger partial charge in [-0.15, -0.1) is 0 Å². The minimum Gasteiger partial charge on any atom is -0.348 e. The van der Waals surface area contributed by atoms with Crippen molar-refractivity contribution in [1.29, 1.82) is 0 Å². The second-order valence-electron chi connectivity index (χ2n) is 8.63. The van der Waals surface area contributed by atoms with Crippen LogP contribution in [0.1, 0.15) is 29.7 Å². The molecule has 0 aliphatic heterocycles. The van der Waals surface area contributed by atoms with Crippen LogP contribution in [0.5, 0.6) is 0 Å². The molecule has 11 heteroatoms. The van der Waals surface area contributed by atoms with Crippen molar-refractivity contribution < 1.29 is 26.3 Å². The largest absolute Gasteiger partial charge is 0.416 e. The van der Waals surface area contributed by atoms with Gasteiger partial charge in [0.25, 0.3) is 0 Å². The molecular formula is C27H19F6N5. The summed E-state index contributed by atoms with van der Waals surface area (Å²) in [6.07, 6.45) is -6.81. The Morgan fingerprint density at radius 1 is 0.763 bits per heavy atom. The van der Waals surface area contributed by atoms with E-state index in [4.69, 9.17) is 0 Å². The Morgan fingerprint density at radius 3 is 2.11 bits per heavy atom. The maximum atomic E-state index is 13.3. The topological polar surface area (TPSA) is 55.6 Å². The van der Waals surface area contributed by atoms with Gasteiger partial charge in [-0.05, 0) is 60.0 Å². The van der Waals surface area contributed by atoms with Crippen LogP contribution in [0, 0.1) is 0 Å². The summed E-state index contributed by atoms with van der Waals surface area (Å²) in [6.45, 7) is 1.97. The summed E-state index contributed by atoms with van der Waals surface area (Å²) in [6, 6.07) is 17.3. The van der Waals surface area contributed by atoms with Crippen LogP contribution in [0.4, 0.5) is 32.3 Å². The molecule has 0 saturated carbocycles. The molecule has 5 nitrogen and oxygen atoms in total. The molecular weight excluding hydrogens is 508 g/mol. The van der Waals surface area contributed by atoms with E-state index >= 15 is 0 Å². The van der Waals surface area contributed by atoms with Crippen molar-refractivity contribution >= 4 is 17.0 Å². The molecule has 0 aliphatic carbocycles. The zero-order valence-electron chi connectivity index (χ0n) is 19.7. The number of hydrogen-bond acceptors (Lipinski definition) is 4. The Bertz CT molecular complexity index is 1560. The van der Waals surface area contributed by atoms with Crippen molar-refractivity contribution in [2.24, 2.45) is 0 Å². The normalized spacial score (nSPS) is 13.0. The second-order valence-corrected chi connectivity index (χ2v) is 8.63. The molecule has 1 atom stereocenters. The van der Waals surface area contributed by atoms with E-state index in [1.54, 1.807) is 22.9 Å². The molecule has 0 bridgehead atoms. The number of nitrogens with one attached hydrogen (secondary N) is 1. The molecule has 0 spiro atoms. The molecule has 2 aromatic heterocycles. The first-order chi connectivity index (χ1) is 18.0. The van der Waals surface area contributed by atoms with Gasteiger partial charge >= 0.3 is 12.4 Å². The number of fused-ring (bicyclic) bond motifs is 1. The van der Waals surface area contributed by atoms with E-state index in [0.29, 0.717) is 34.9 Å². The molecule has 2 heterocycles. The van der Waals surface area contributed by atoms with E-state index in [0.717, 1.165) is 5.56 Å². The van der Waals surface area contributed by atoms with E-state index in [-0.39, 0.29) is 23.2 Å². The summed E-state index contributed by atoms with van der Waals surface area (Å²) in [5, 5.41) is 3.23. The third-order valence-corrected chi connectivity index (χ3v) is 6.00. The molecule has 3 aromatic carbocycles. The fourth-order valence-electron chi connectivity index (χ4n) is 4.07. The summed E-state index contributed by atoms with van der Waals surface area (Å²) in [4.78, 5) is 13.1. The number of rotatable bonds is 5. The van der Waals surface area contributed by atoms with Gasteiger partial charge in [0.05, 0.1) is 28.2 Å². The molecule has 1 unspecified atom stereocenters. The average molecular weight is 527 g/mol. The van der Waals surface area contributed by atoms with Gasteiger partial charge < -0.3 is 5.32 Å². The van der Waals surface area contributed by atoms with E-state index in [2.05, 4.69) is 20.3 Å². The molecule has 1 N–H and O–H groups in total. The van der Waals surface area contributed by atoms with Crippen molar-refractivity contribution in [3.05, 3.63) is 102 Å². The number of benzene rings is 3. The summed E-state index contributed by atoms with van der Waals surface area (Å²) >= 11 is 0. The number of anilines is 1. The maximum absolute atomic E-state index is 13.3. The Balaban J connectivity index is 1.48. The van der Waals surface area contributed by atoms with Crippen LogP contribution in [0.2, 0.25) is 0 Å². The molecule has 194 valence electrons. The molecule has 0 aliphatic rings. The highest BCUT2D eigenvalue weighted by atomic mass is 19.4. The summed E-state index contributed by atoms with van der Waals surface area (Å²) < 4.78 is 81.5. The minimum absolute atomic E-state index is 0.0670. The Labute approximate surface area is 212 Å². The number of nitrogens with zero attached hydrogens (tertiary/aromatic N) is 4. The first kappa shape index (κ1) is 25.2. The van der Waals surface area contributed by atoms with Crippen LogP contribution < -0.4 is 5.32 Å². The molecule has 0 radical (unpaired) electrons. The van der Waals surface area contributed by atoms with Gasteiger partial charge in [0.2, 0.25) is 5.95 Å². The molecule has 0 amide bonds. The van der Waals surface area contributed by atoms with Crippen LogP contribution in [0.3, 0.4) is 0 Å². The predicted molar refractivity (Wildman–Crippen MR) is 131 cm³/mol. The zero-order valence-corrected chi connectivity index (χ0v) is 19.7. The van der Waals surface area contributed by atoms with E-state index < -0.39 is 23.5 Å². The van der Waals surface area contributed by atoms with Crippen LogP contribution in [0.15, 0.2) is 85.3 Å². The van der Waals surface area contributed by atoms with E-state index in [1.165, 1.54) is 18.5 Å². The second kappa shape index (κ2) is 9.47. The first-order valence-electron chi connectivity index (χ1n) is 11.4. The summed E-state index contributed by atoms with van der Waals surface area (Å²) in [7, 11) is 0. The van der Waals surface area contributed by atoms with Gasteiger partial charge in [0, 0.05) is 6.20 Å². The van der Waals surface area contributed by atoms with Crippen molar-refractivity contribution in [2.45, 2.75) is 25.3 Å². The van der Waals surface area contributed by atoms with Crippen LogP contribution >= 0.6 is 0 Å². The lowest BCUT2D eigenvalue weighted by Crippen LogP contribution is -2.11. The predicted octanol–water partition coefficient (Wildman–Crippen LogP) is 7.69. The number of halogens is 6. The molecule has 5 rings (SSSR count). The first-order valence-corrected chi connectivity index (χ1v) is 11.4. The summed E-state index contributed by atoms with van der Waals surface area (Å²) in [5.41, 5.74) is -0.812. The van der Waals surface area contributed by atoms with Gasteiger partial charge in [-0.3, -0.25) is 4.57 Å². The molecule has 38 heavy (non-hydrogen) atoms. The van der Waals surface area contributed by atoms with E-state index in [9.17, 15) is 26.3 Å². The van der Waals surface area contributed by atoms with Crippen molar-refractivity contribution in [1.82, 2.24) is 19.5 Å². The third-order valence-electron chi connectivity index (χ3n) is 6.00. The fraction of sp³-hybridized carbons (Fsp3) is 0.148. The highest BCUT2D eigenvalue weighted by Crippen LogP contribution is 2.39. The highest BCUT2D eigenvalue weighted by Gasteiger charge is 2.37. The average Bonchev–Trinajstić information content (AvgIpc) is 3.31. The minimum atomic E-state index is -4.93. The Hall–Kier alpha value is -4.41. The van der Waals surface area contributed by atoms with Gasteiger partial charge in [-0.1, -0.05) is 36.4 Å². The number of imidazole rings is 1. The number of hydrogen-bond donors (Lipinski definition) is 1. The van der Waals surface area contributed by atoms with E-state index in [1.807, 2.05) is 37.3 Å². The zero-order chi connectivity index (χ0) is 27.1. The highest BCUT2D eigenvalue weighted by molar-refractivity contribution is 5.83.